The summed E-state index contributed by atoms with van der Waals surface area (Å²) in [5.41, 5.74) is 7.12. The summed E-state index contributed by atoms with van der Waals surface area (Å²) in [5.74, 6) is -1.07. The van der Waals surface area contributed by atoms with Crippen molar-refractivity contribution in [1.29, 1.82) is 0 Å². The van der Waals surface area contributed by atoms with Gasteiger partial charge in [0, 0.05) is 6.42 Å². The maximum atomic E-state index is 13.3. The number of anilines is 1. The second-order valence-electron chi connectivity index (χ2n) is 8.67. The molecule has 0 bridgehead atoms. The van der Waals surface area contributed by atoms with Crippen LogP contribution in [0.4, 0.5) is 10.5 Å². The van der Waals surface area contributed by atoms with Gasteiger partial charge in [0.1, 0.15) is 17.4 Å². The van der Waals surface area contributed by atoms with Crippen LogP contribution in [0, 0.1) is 13.8 Å². The first-order valence-electron chi connectivity index (χ1n) is 11.4. The minimum absolute atomic E-state index is 0.101. The molecule has 3 aromatic rings. The van der Waals surface area contributed by atoms with Crippen molar-refractivity contribution in [1.82, 2.24) is 20.2 Å². The van der Waals surface area contributed by atoms with Crippen LogP contribution < -0.4 is 27.2 Å². The minimum atomic E-state index is -0.847. The minimum Gasteiger partial charge on any atom is -0.352 e. The molecule has 2 heterocycles. The number of nitrogens with zero attached hydrogens (tertiary/aromatic N) is 2. The van der Waals surface area contributed by atoms with Crippen LogP contribution in [-0.4, -0.2) is 33.3 Å². The molecule has 0 spiro atoms. The van der Waals surface area contributed by atoms with E-state index >= 15 is 0 Å². The highest BCUT2D eigenvalue weighted by Gasteiger charge is 2.30. The molecule has 1 aliphatic rings. The smallest absolute Gasteiger partial charge is 0.312 e. The fourth-order valence-electron chi connectivity index (χ4n) is 4.50. The quantitative estimate of drug-likeness (QED) is 0.384. The van der Waals surface area contributed by atoms with Gasteiger partial charge in [0.2, 0.25) is 17.7 Å². The Kier molecular flexibility index (Phi) is 6.82. The maximum Gasteiger partial charge on any atom is 0.312 e. The molecule has 36 heavy (non-hydrogen) atoms. The van der Waals surface area contributed by atoms with Gasteiger partial charge in [-0.15, -0.1) is 0 Å². The molecule has 2 aromatic carbocycles. The molecule has 11 heteroatoms. The van der Waals surface area contributed by atoms with E-state index in [2.05, 4.69) is 20.9 Å². The number of nitrogens with one attached hydrogen (secondary N) is 3. The lowest BCUT2D eigenvalue weighted by molar-refractivity contribution is -0.135. The van der Waals surface area contributed by atoms with E-state index in [1.54, 1.807) is 31.2 Å². The number of carbonyl (C=O) groups excluding carboxylic acids is 4. The van der Waals surface area contributed by atoms with Gasteiger partial charge in [0.15, 0.2) is 0 Å². The van der Waals surface area contributed by atoms with Crippen molar-refractivity contribution in [3.8, 4) is 0 Å². The lowest BCUT2D eigenvalue weighted by Crippen LogP contribution is -2.45. The highest BCUT2D eigenvalue weighted by molar-refractivity contribution is 6.01. The second-order valence-corrected chi connectivity index (χ2v) is 8.67. The standard InChI is InChI=1S/C25H26N6O5/c1-13-6-3-4-7-15(13)18(29-25(26)36)12-21(33)28-17-9-5-8-16-22(17)27-14(2)31(24(16)35)19-10-11-20(32)30-23(19)34/h3-9,18-19H,10-12H2,1-2H3,(H,28,33)(H3,26,29,36)(H,30,32,34). The van der Waals surface area contributed by atoms with Crippen molar-refractivity contribution in [2.45, 2.75) is 45.2 Å². The van der Waals surface area contributed by atoms with E-state index in [1.807, 2.05) is 25.1 Å². The molecule has 186 valence electrons. The Morgan fingerprint density at radius 2 is 1.89 bits per heavy atom. The van der Waals surface area contributed by atoms with E-state index in [-0.39, 0.29) is 41.9 Å². The van der Waals surface area contributed by atoms with Crippen molar-refractivity contribution in [2.75, 3.05) is 5.32 Å². The zero-order chi connectivity index (χ0) is 26.0. The van der Waals surface area contributed by atoms with Crippen LogP contribution in [0.3, 0.4) is 0 Å². The lowest BCUT2D eigenvalue weighted by atomic mass is 9.98. The number of aryl methyl sites for hydroxylation is 2. The molecular formula is C25H26N6O5. The van der Waals surface area contributed by atoms with Crippen LogP contribution >= 0.6 is 0 Å². The predicted molar refractivity (Wildman–Crippen MR) is 132 cm³/mol. The third-order valence-corrected chi connectivity index (χ3v) is 6.17. The van der Waals surface area contributed by atoms with E-state index in [9.17, 15) is 24.0 Å². The predicted octanol–water partition coefficient (Wildman–Crippen LogP) is 1.73. The summed E-state index contributed by atoms with van der Waals surface area (Å²) in [6.45, 7) is 3.46. The van der Waals surface area contributed by atoms with Gasteiger partial charge in [-0.25, -0.2) is 9.78 Å². The van der Waals surface area contributed by atoms with Crippen LogP contribution in [0.15, 0.2) is 47.3 Å². The second kappa shape index (κ2) is 9.98. The first-order chi connectivity index (χ1) is 17.2. The number of rotatable bonds is 6. The third kappa shape index (κ3) is 4.95. The van der Waals surface area contributed by atoms with Gasteiger partial charge in [0.25, 0.3) is 5.56 Å². The molecular weight excluding hydrogens is 464 g/mol. The van der Waals surface area contributed by atoms with Gasteiger partial charge in [-0.2, -0.15) is 0 Å². The molecule has 1 aromatic heterocycles. The van der Waals surface area contributed by atoms with Gasteiger partial charge in [-0.3, -0.25) is 29.1 Å². The maximum absolute atomic E-state index is 13.3. The van der Waals surface area contributed by atoms with E-state index in [0.29, 0.717) is 5.69 Å². The summed E-state index contributed by atoms with van der Waals surface area (Å²) in [7, 11) is 0. The van der Waals surface area contributed by atoms with Crippen LogP contribution in [0.2, 0.25) is 0 Å². The zero-order valence-corrected chi connectivity index (χ0v) is 19.8. The summed E-state index contributed by atoms with van der Waals surface area (Å²) in [6, 6.07) is 9.86. The number of hydrogen-bond donors (Lipinski definition) is 4. The molecule has 5 N–H and O–H groups in total. The lowest BCUT2D eigenvalue weighted by Gasteiger charge is -2.24. The summed E-state index contributed by atoms with van der Waals surface area (Å²) >= 11 is 0. The number of amides is 5. The van der Waals surface area contributed by atoms with Crippen molar-refractivity contribution in [3.63, 3.8) is 0 Å². The number of aromatic nitrogens is 2. The Labute approximate surface area is 206 Å². The van der Waals surface area contributed by atoms with Crippen molar-refractivity contribution in [3.05, 3.63) is 69.8 Å². The molecule has 5 amide bonds. The summed E-state index contributed by atoms with van der Waals surface area (Å²) in [4.78, 5) is 66.3. The molecule has 0 saturated carbocycles. The van der Waals surface area contributed by atoms with Gasteiger partial charge in [-0.1, -0.05) is 30.3 Å². The molecule has 0 radical (unpaired) electrons. The van der Waals surface area contributed by atoms with Crippen LogP contribution in [0.25, 0.3) is 10.9 Å². The van der Waals surface area contributed by atoms with Crippen LogP contribution in [0.5, 0.6) is 0 Å². The van der Waals surface area contributed by atoms with E-state index in [4.69, 9.17) is 5.73 Å². The van der Waals surface area contributed by atoms with Crippen LogP contribution in [-0.2, 0) is 14.4 Å². The monoisotopic (exact) mass is 490 g/mol. The van der Waals surface area contributed by atoms with Gasteiger partial charge >= 0.3 is 6.03 Å². The van der Waals surface area contributed by atoms with Gasteiger partial charge in [0.05, 0.1) is 23.5 Å². The van der Waals surface area contributed by atoms with E-state index < -0.39 is 35.5 Å². The average molecular weight is 491 g/mol. The summed E-state index contributed by atoms with van der Waals surface area (Å²) in [6.07, 6.45) is 0.219. The zero-order valence-electron chi connectivity index (χ0n) is 19.8. The highest BCUT2D eigenvalue weighted by Crippen LogP contribution is 2.25. The Hall–Kier alpha value is -4.54. The third-order valence-electron chi connectivity index (χ3n) is 6.17. The normalized spacial score (nSPS) is 16.3. The number of fused-ring (bicyclic) bond motifs is 1. The van der Waals surface area contributed by atoms with Crippen molar-refractivity contribution < 1.29 is 19.2 Å². The number of imide groups is 1. The highest BCUT2D eigenvalue weighted by atomic mass is 16.2. The molecule has 1 saturated heterocycles. The molecule has 11 nitrogen and oxygen atoms in total. The first kappa shape index (κ1) is 24.6. The van der Waals surface area contributed by atoms with Gasteiger partial charge < -0.3 is 16.4 Å². The van der Waals surface area contributed by atoms with E-state index in [1.165, 1.54) is 4.57 Å². The molecule has 4 rings (SSSR count). The Balaban J connectivity index is 1.64. The number of carbonyl (C=O) groups is 4. The number of urea groups is 1. The number of nitrogens with two attached hydrogens (primary N) is 1. The molecule has 2 atom stereocenters. The topological polar surface area (TPSA) is 165 Å². The SMILES string of the molecule is Cc1ccccc1C(CC(=O)Nc1cccc2c(=O)n(C3CCC(=O)NC3=O)c(C)nc12)NC(N)=O. The summed E-state index contributed by atoms with van der Waals surface area (Å²) in [5, 5.41) is 7.86. The average Bonchev–Trinajstić information content (AvgIpc) is 2.80. The van der Waals surface area contributed by atoms with Gasteiger partial charge in [-0.05, 0) is 43.5 Å². The fraction of sp³-hybridized carbons (Fsp3) is 0.280. The Bertz CT molecular complexity index is 1450. The number of para-hydroxylation sites is 1. The van der Waals surface area contributed by atoms with Crippen molar-refractivity contribution >= 4 is 40.3 Å². The Morgan fingerprint density at radius 1 is 1.14 bits per heavy atom. The molecule has 2 unspecified atom stereocenters. The van der Waals surface area contributed by atoms with Crippen molar-refractivity contribution in [2.24, 2.45) is 5.73 Å². The van der Waals surface area contributed by atoms with Crippen LogP contribution in [0.1, 0.15) is 48.3 Å². The number of hydrogen-bond acceptors (Lipinski definition) is 6. The number of primary amides is 1. The van der Waals surface area contributed by atoms with E-state index in [0.717, 1.165) is 11.1 Å². The number of benzene rings is 2. The molecule has 1 fully saturated rings. The Morgan fingerprint density at radius 3 is 2.58 bits per heavy atom. The number of piperidine rings is 1. The fourth-order valence-corrected chi connectivity index (χ4v) is 4.50. The molecule has 1 aliphatic heterocycles. The molecule has 0 aliphatic carbocycles. The largest absolute Gasteiger partial charge is 0.352 e. The first-order valence-corrected chi connectivity index (χ1v) is 11.4. The summed E-state index contributed by atoms with van der Waals surface area (Å²) < 4.78 is 1.28.